The topological polar surface area (TPSA) is 29.5 Å². The van der Waals surface area contributed by atoms with E-state index in [2.05, 4.69) is 0 Å². The Balaban J connectivity index is 2.36. The highest BCUT2D eigenvalue weighted by molar-refractivity contribution is 5.95. The first-order valence-corrected chi connectivity index (χ1v) is 6.71. The molecular weight excluding hydrogens is 224 g/mol. The van der Waals surface area contributed by atoms with E-state index in [0.717, 1.165) is 41.3 Å². The predicted molar refractivity (Wildman–Crippen MR) is 73.4 cm³/mol. The summed E-state index contributed by atoms with van der Waals surface area (Å²) in [5, 5.41) is 12.4. The maximum Gasteiger partial charge on any atom is 0.130 e. The minimum Gasteiger partial charge on any atom is -0.507 e. The highest BCUT2D eigenvalue weighted by atomic mass is 16.5. The van der Waals surface area contributed by atoms with E-state index in [0.29, 0.717) is 12.4 Å². The van der Waals surface area contributed by atoms with Crippen LogP contribution in [0.2, 0.25) is 0 Å². The summed E-state index contributed by atoms with van der Waals surface area (Å²) in [6, 6.07) is 7.98. The highest BCUT2D eigenvalue weighted by Gasteiger charge is 2.21. The van der Waals surface area contributed by atoms with Crippen LogP contribution < -0.4 is 4.74 Å². The third-order valence-corrected chi connectivity index (χ3v) is 3.74. The van der Waals surface area contributed by atoms with Gasteiger partial charge >= 0.3 is 0 Å². The van der Waals surface area contributed by atoms with E-state index in [1.54, 1.807) is 0 Å². The van der Waals surface area contributed by atoms with Crippen molar-refractivity contribution in [2.75, 3.05) is 6.61 Å². The molecule has 0 radical (unpaired) electrons. The van der Waals surface area contributed by atoms with Crippen molar-refractivity contribution in [1.29, 1.82) is 0 Å². The van der Waals surface area contributed by atoms with E-state index >= 15 is 0 Å². The third kappa shape index (κ3) is 1.64. The number of hydrogen-bond donors (Lipinski definition) is 1. The van der Waals surface area contributed by atoms with Crippen LogP contribution in [0.5, 0.6) is 11.5 Å². The van der Waals surface area contributed by atoms with E-state index in [1.165, 1.54) is 12.0 Å². The second-order valence-corrected chi connectivity index (χ2v) is 4.82. The Bertz CT molecular complexity index is 587. The summed E-state index contributed by atoms with van der Waals surface area (Å²) in [7, 11) is 0. The normalized spacial score (nSPS) is 14.5. The molecule has 0 aliphatic heterocycles. The number of fused-ring (bicyclic) bond motifs is 2. The summed E-state index contributed by atoms with van der Waals surface area (Å²) >= 11 is 0. The van der Waals surface area contributed by atoms with E-state index < -0.39 is 0 Å². The minimum absolute atomic E-state index is 0.462. The number of phenols is 1. The first-order valence-electron chi connectivity index (χ1n) is 6.71. The number of benzene rings is 2. The molecule has 2 aromatic rings. The molecule has 1 N–H and O–H groups in total. The van der Waals surface area contributed by atoms with Crippen LogP contribution in [0.25, 0.3) is 10.8 Å². The van der Waals surface area contributed by atoms with Gasteiger partial charge in [-0.25, -0.2) is 0 Å². The monoisotopic (exact) mass is 242 g/mol. The van der Waals surface area contributed by atoms with Gasteiger partial charge in [0.2, 0.25) is 0 Å². The van der Waals surface area contributed by atoms with Crippen molar-refractivity contribution in [1.82, 2.24) is 0 Å². The van der Waals surface area contributed by atoms with Gasteiger partial charge in [0.1, 0.15) is 11.5 Å². The first-order chi connectivity index (χ1) is 8.83. The van der Waals surface area contributed by atoms with Gasteiger partial charge in [0.05, 0.1) is 6.61 Å². The summed E-state index contributed by atoms with van der Waals surface area (Å²) < 4.78 is 5.86. The fraction of sp³-hybridized carbons (Fsp3) is 0.375. The molecule has 1 aliphatic carbocycles. The second kappa shape index (κ2) is 4.52. The van der Waals surface area contributed by atoms with E-state index in [1.807, 2.05) is 31.2 Å². The number of hydrogen-bond acceptors (Lipinski definition) is 2. The van der Waals surface area contributed by atoms with Crippen molar-refractivity contribution >= 4 is 10.8 Å². The molecule has 94 valence electrons. The number of aromatic hydroxyl groups is 1. The Labute approximate surface area is 107 Å². The van der Waals surface area contributed by atoms with Gasteiger partial charge < -0.3 is 9.84 Å². The summed E-state index contributed by atoms with van der Waals surface area (Å²) in [5.74, 6) is 1.45. The Morgan fingerprint density at radius 1 is 1.06 bits per heavy atom. The van der Waals surface area contributed by atoms with Crippen molar-refractivity contribution in [3.63, 3.8) is 0 Å². The van der Waals surface area contributed by atoms with Gasteiger partial charge in [0.25, 0.3) is 0 Å². The van der Waals surface area contributed by atoms with Gasteiger partial charge in [-0.3, -0.25) is 0 Å². The quantitative estimate of drug-likeness (QED) is 0.867. The van der Waals surface area contributed by atoms with Crippen LogP contribution in [-0.4, -0.2) is 11.7 Å². The van der Waals surface area contributed by atoms with E-state index in [4.69, 9.17) is 4.74 Å². The molecule has 2 aromatic carbocycles. The Kier molecular flexibility index (Phi) is 2.86. The molecule has 0 saturated heterocycles. The molecule has 0 bridgehead atoms. The van der Waals surface area contributed by atoms with Crippen molar-refractivity contribution < 1.29 is 9.84 Å². The fourth-order valence-electron chi connectivity index (χ4n) is 2.94. The molecule has 0 atom stereocenters. The lowest BCUT2D eigenvalue weighted by molar-refractivity contribution is 0.337. The van der Waals surface area contributed by atoms with Crippen LogP contribution in [-0.2, 0) is 12.8 Å². The van der Waals surface area contributed by atoms with E-state index in [-0.39, 0.29) is 0 Å². The molecule has 0 amide bonds. The average molecular weight is 242 g/mol. The maximum atomic E-state index is 10.4. The number of phenolic OH excluding ortho intramolecular Hbond substituents is 1. The second-order valence-electron chi connectivity index (χ2n) is 4.82. The van der Waals surface area contributed by atoms with Crippen molar-refractivity contribution in [3.05, 3.63) is 35.4 Å². The summed E-state index contributed by atoms with van der Waals surface area (Å²) in [6.07, 6.45) is 4.32. The van der Waals surface area contributed by atoms with Crippen molar-refractivity contribution in [3.8, 4) is 11.5 Å². The summed E-state index contributed by atoms with van der Waals surface area (Å²) in [4.78, 5) is 0. The molecular formula is C16H18O2. The molecule has 0 aromatic heterocycles. The van der Waals surface area contributed by atoms with Crippen LogP contribution in [0.1, 0.15) is 30.9 Å². The Morgan fingerprint density at radius 3 is 2.44 bits per heavy atom. The molecule has 3 rings (SSSR count). The SMILES string of the molecule is CCOc1c2c(c(O)c3ccccc13)CCCC2. The molecule has 0 spiro atoms. The largest absolute Gasteiger partial charge is 0.507 e. The van der Waals surface area contributed by atoms with E-state index in [9.17, 15) is 5.11 Å². The lowest BCUT2D eigenvalue weighted by Gasteiger charge is -2.22. The van der Waals surface area contributed by atoms with Crippen LogP contribution in [0.3, 0.4) is 0 Å². The average Bonchev–Trinajstić information content (AvgIpc) is 2.43. The minimum atomic E-state index is 0.462. The smallest absolute Gasteiger partial charge is 0.130 e. The maximum absolute atomic E-state index is 10.4. The van der Waals surface area contributed by atoms with Gasteiger partial charge in [-0.15, -0.1) is 0 Å². The summed E-state index contributed by atoms with van der Waals surface area (Å²) in [5.41, 5.74) is 2.32. The lowest BCUT2D eigenvalue weighted by Crippen LogP contribution is -2.07. The van der Waals surface area contributed by atoms with Gasteiger partial charge in [-0.05, 0) is 32.6 Å². The zero-order chi connectivity index (χ0) is 12.5. The zero-order valence-corrected chi connectivity index (χ0v) is 10.7. The van der Waals surface area contributed by atoms with Gasteiger partial charge in [0.15, 0.2) is 0 Å². The summed E-state index contributed by atoms with van der Waals surface area (Å²) in [6.45, 7) is 2.68. The Morgan fingerprint density at radius 2 is 1.72 bits per heavy atom. The fourth-order valence-corrected chi connectivity index (χ4v) is 2.94. The van der Waals surface area contributed by atoms with Gasteiger partial charge in [-0.2, -0.15) is 0 Å². The van der Waals surface area contributed by atoms with Crippen LogP contribution in [0.15, 0.2) is 24.3 Å². The first kappa shape index (κ1) is 11.4. The molecule has 0 unspecified atom stereocenters. The van der Waals surface area contributed by atoms with Crippen LogP contribution in [0, 0.1) is 0 Å². The van der Waals surface area contributed by atoms with Gasteiger partial charge in [-0.1, -0.05) is 24.3 Å². The van der Waals surface area contributed by atoms with Crippen molar-refractivity contribution in [2.45, 2.75) is 32.6 Å². The number of rotatable bonds is 2. The zero-order valence-electron chi connectivity index (χ0n) is 10.7. The molecule has 2 nitrogen and oxygen atoms in total. The molecule has 18 heavy (non-hydrogen) atoms. The standard InChI is InChI=1S/C16H18O2/c1-2-18-16-13-9-5-3-7-11(13)15(17)12-8-4-6-10-14(12)16/h3,5,7,9,17H,2,4,6,8,10H2,1H3. The van der Waals surface area contributed by atoms with Crippen LogP contribution >= 0.6 is 0 Å². The van der Waals surface area contributed by atoms with Crippen molar-refractivity contribution in [2.24, 2.45) is 0 Å². The number of ether oxygens (including phenoxy) is 1. The predicted octanol–water partition coefficient (Wildman–Crippen LogP) is 3.82. The molecule has 0 saturated carbocycles. The molecule has 2 heteroatoms. The molecule has 0 heterocycles. The lowest BCUT2D eigenvalue weighted by atomic mass is 9.87. The highest BCUT2D eigenvalue weighted by Crippen LogP contribution is 2.43. The molecule has 1 aliphatic rings. The van der Waals surface area contributed by atoms with Gasteiger partial charge in [0, 0.05) is 21.9 Å². The molecule has 0 fully saturated rings. The Hall–Kier alpha value is -1.70. The van der Waals surface area contributed by atoms with Crippen LogP contribution in [0.4, 0.5) is 0 Å². The third-order valence-electron chi connectivity index (χ3n) is 3.74.